The largest absolute Gasteiger partial charge is 0.493 e. The van der Waals surface area contributed by atoms with Gasteiger partial charge in [-0.05, 0) is 68.5 Å². The first-order chi connectivity index (χ1) is 16.3. The van der Waals surface area contributed by atoms with E-state index in [0.717, 1.165) is 12.0 Å². The molecule has 2 amide bonds. The van der Waals surface area contributed by atoms with E-state index in [1.165, 1.54) is 11.1 Å². The Morgan fingerprint density at radius 1 is 1.15 bits per heavy atom. The second-order valence-corrected chi connectivity index (χ2v) is 10.2. The van der Waals surface area contributed by atoms with E-state index in [1.54, 1.807) is 35.5 Å². The maximum atomic E-state index is 13.6. The lowest BCUT2D eigenvalue weighted by Gasteiger charge is -2.40. The van der Waals surface area contributed by atoms with Crippen LogP contribution in [0.1, 0.15) is 47.8 Å². The highest BCUT2D eigenvalue weighted by Crippen LogP contribution is 2.35. The van der Waals surface area contributed by atoms with Gasteiger partial charge in [0.15, 0.2) is 17.3 Å². The average molecular weight is 483 g/mol. The molecule has 0 aliphatic carbocycles. The van der Waals surface area contributed by atoms with Crippen molar-refractivity contribution in [2.45, 2.75) is 38.8 Å². The number of nitrogens with zero attached hydrogens (tertiary/aromatic N) is 2. The van der Waals surface area contributed by atoms with Gasteiger partial charge in [0, 0.05) is 17.0 Å². The molecule has 2 aromatic heterocycles. The SMILES string of the molecule is COc1ccccc1OC[C@@H]1c2ccsc2CCN1C(=O)CN(C(=O)c1ccco1)C(C)(C)C. The van der Waals surface area contributed by atoms with Gasteiger partial charge < -0.3 is 23.7 Å². The number of thiophene rings is 1. The van der Waals surface area contributed by atoms with E-state index in [1.807, 2.05) is 49.9 Å². The predicted octanol–water partition coefficient (Wildman–Crippen LogP) is 4.80. The molecule has 4 rings (SSSR count). The number of rotatable bonds is 7. The fourth-order valence-electron chi connectivity index (χ4n) is 4.15. The van der Waals surface area contributed by atoms with Crippen molar-refractivity contribution in [2.24, 2.45) is 0 Å². The first-order valence-electron chi connectivity index (χ1n) is 11.3. The minimum atomic E-state index is -0.563. The van der Waals surface area contributed by atoms with Gasteiger partial charge in [0.25, 0.3) is 5.91 Å². The van der Waals surface area contributed by atoms with Gasteiger partial charge >= 0.3 is 0 Å². The number of benzene rings is 1. The Labute approximate surface area is 203 Å². The summed E-state index contributed by atoms with van der Waals surface area (Å²) in [4.78, 5) is 31.4. The minimum Gasteiger partial charge on any atom is -0.493 e. The summed E-state index contributed by atoms with van der Waals surface area (Å²) in [5.41, 5.74) is 0.533. The minimum absolute atomic E-state index is 0.0480. The molecule has 34 heavy (non-hydrogen) atoms. The van der Waals surface area contributed by atoms with Crippen molar-refractivity contribution in [3.05, 3.63) is 70.3 Å². The summed E-state index contributed by atoms with van der Waals surface area (Å²) in [5.74, 6) is 1.06. The molecule has 0 saturated heterocycles. The summed E-state index contributed by atoms with van der Waals surface area (Å²) in [6, 6.07) is 12.6. The molecule has 8 heteroatoms. The molecule has 3 aromatic rings. The van der Waals surface area contributed by atoms with E-state index in [9.17, 15) is 9.59 Å². The van der Waals surface area contributed by atoms with Crippen molar-refractivity contribution < 1.29 is 23.5 Å². The van der Waals surface area contributed by atoms with E-state index in [-0.39, 0.29) is 36.8 Å². The van der Waals surface area contributed by atoms with E-state index in [4.69, 9.17) is 13.9 Å². The topological polar surface area (TPSA) is 72.2 Å². The van der Waals surface area contributed by atoms with E-state index in [0.29, 0.717) is 18.0 Å². The van der Waals surface area contributed by atoms with Crippen molar-refractivity contribution in [1.82, 2.24) is 9.80 Å². The number of carbonyl (C=O) groups is 2. The smallest absolute Gasteiger partial charge is 0.290 e. The van der Waals surface area contributed by atoms with Crippen LogP contribution in [0.3, 0.4) is 0 Å². The number of para-hydroxylation sites is 2. The van der Waals surface area contributed by atoms with E-state index >= 15 is 0 Å². The Balaban J connectivity index is 1.56. The monoisotopic (exact) mass is 482 g/mol. The van der Waals surface area contributed by atoms with Crippen molar-refractivity contribution in [1.29, 1.82) is 0 Å². The predicted molar refractivity (Wildman–Crippen MR) is 130 cm³/mol. The molecule has 1 atom stereocenters. The molecule has 1 aromatic carbocycles. The van der Waals surface area contributed by atoms with Crippen LogP contribution in [0.15, 0.2) is 58.5 Å². The zero-order valence-electron chi connectivity index (χ0n) is 19.9. The number of methoxy groups -OCH3 is 1. The molecule has 0 fully saturated rings. The summed E-state index contributed by atoms with van der Waals surface area (Å²) in [5, 5.41) is 2.05. The van der Waals surface area contributed by atoms with Crippen molar-refractivity contribution in [3.63, 3.8) is 0 Å². The van der Waals surface area contributed by atoms with Crippen molar-refractivity contribution in [2.75, 3.05) is 26.8 Å². The number of hydrogen-bond acceptors (Lipinski definition) is 6. The van der Waals surface area contributed by atoms with E-state index in [2.05, 4.69) is 11.4 Å². The number of ether oxygens (including phenoxy) is 2. The summed E-state index contributed by atoms with van der Waals surface area (Å²) >= 11 is 1.70. The third-order valence-electron chi connectivity index (χ3n) is 5.96. The van der Waals surface area contributed by atoms with Gasteiger partial charge in [0.1, 0.15) is 13.2 Å². The molecule has 1 aliphatic heterocycles. The lowest BCUT2D eigenvalue weighted by atomic mass is 9.99. The molecular weight excluding hydrogens is 452 g/mol. The van der Waals surface area contributed by atoms with Gasteiger partial charge in [-0.15, -0.1) is 11.3 Å². The normalized spacial score (nSPS) is 15.5. The Kier molecular flexibility index (Phi) is 6.97. The maximum absolute atomic E-state index is 13.6. The summed E-state index contributed by atoms with van der Waals surface area (Å²) in [6.45, 7) is 6.55. The molecule has 7 nitrogen and oxygen atoms in total. The number of amides is 2. The molecule has 0 unspecified atom stereocenters. The third kappa shape index (κ3) is 4.97. The fourth-order valence-corrected chi connectivity index (χ4v) is 5.08. The van der Waals surface area contributed by atoms with Crippen molar-refractivity contribution in [3.8, 4) is 11.5 Å². The Hall–Kier alpha value is -3.26. The standard InChI is InChI=1S/C26H30N2O5S/c1-26(2,3)28(25(30)22-10-7-14-32-22)16-24(29)27-13-11-23-18(12-15-34-23)19(27)17-33-21-9-6-5-8-20(21)31-4/h5-10,12,14-15,19H,11,13,16-17H2,1-4H3/t19-/m1/s1. The highest BCUT2D eigenvalue weighted by molar-refractivity contribution is 7.10. The molecule has 0 spiro atoms. The highest BCUT2D eigenvalue weighted by Gasteiger charge is 2.36. The van der Waals surface area contributed by atoms with Crippen LogP contribution < -0.4 is 9.47 Å². The van der Waals surface area contributed by atoms with Gasteiger partial charge in [-0.1, -0.05) is 12.1 Å². The van der Waals surface area contributed by atoms with Crippen LogP contribution in [-0.4, -0.2) is 54.0 Å². The van der Waals surface area contributed by atoms with Gasteiger partial charge in [0.05, 0.1) is 19.4 Å². The first kappa shape index (κ1) is 23.9. The van der Waals surface area contributed by atoms with Gasteiger partial charge in [0.2, 0.25) is 5.91 Å². The molecule has 180 valence electrons. The van der Waals surface area contributed by atoms with Gasteiger partial charge in [-0.2, -0.15) is 0 Å². The second-order valence-electron chi connectivity index (χ2n) is 9.15. The highest BCUT2D eigenvalue weighted by atomic mass is 32.1. The maximum Gasteiger partial charge on any atom is 0.290 e. The van der Waals surface area contributed by atoms with Crippen LogP contribution in [-0.2, 0) is 11.2 Å². The zero-order valence-corrected chi connectivity index (χ0v) is 20.8. The van der Waals surface area contributed by atoms with Crippen LogP contribution in [0.4, 0.5) is 0 Å². The molecule has 0 bridgehead atoms. The van der Waals surface area contributed by atoms with Crippen molar-refractivity contribution >= 4 is 23.2 Å². The average Bonchev–Trinajstić information content (AvgIpc) is 3.52. The quantitative estimate of drug-likeness (QED) is 0.484. The van der Waals surface area contributed by atoms with E-state index < -0.39 is 5.54 Å². The summed E-state index contributed by atoms with van der Waals surface area (Å²) < 4.78 is 16.9. The molecule has 3 heterocycles. The van der Waals surface area contributed by atoms with Crippen LogP contribution in [0, 0.1) is 0 Å². The number of fused-ring (bicyclic) bond motifs is 1. The number of furan rings is 1. The number of carbonyl (C=O) groups excluding carboxylic acids is 2. The first-order valence-corrected chi connectivity index (χ1v) is 12.1. The van der Waals surface area contributed by atoms with Gasteiger partial charge in [-0.25, -0.2) is 0 Å². The third-order valence-corrected chi connectivity index (χ3v) is 6.96. The van der Waals surface area contributed by atoms with Crippen LogP contribution in [0.5, 0.6) is 11.5 Å². The Morgan fingerprint density at radius 3 is 2.59 bits per heavy atom. The Morgan fingerprint density at radius 2 is 1.91 bits per heavy atom. The molecule has 0 saturated carbocycles. The Bertz CT molecular complexity index is 1130. The molecule has 0 N–H and O–H groups in total. The summed E-state index contributed by atoms with van der Waals surface area (Å²) in [6.07, 6.45) is 2.25. The zero-order chi connectivity index (χ0) is 24.3. The molecule has 1 aliphatic rings. The van der Waals surface area contributed by atoms with Crippen LogP contribution >= 0.6 is 11.3 Å². The van der Waals surface area contributed by atoms with Gasteiger partial charge in [-0.3, -0.25) is 9.59 Å². The summed E-state index contributed by atoms with van der Waals surface area (Å²) in [7, 11) is 1.60. The second kappa shape index (κ2) is 9.93. The molecular formula is C26H30N2O5S. The fraction of sp³-hybridized carbons (Fsp3) is 0.385. The van der Waals surface area contributed by atoms with Crippen LogP contribution in [0.25, 0.3) is 0 Å². The van der Waals surface area contributed by atoms with Crippen LogP contribution in [0.2, 0.25) is 0 Å². The lowest BCUT2D eigenvalue weighted by molar-refractivity contribution is -0.136. The number of hydrogen-bond donors (Lipinski definition) is 0. The lowest BCUT2D eigenvalue weighted by Crippen LogP contribution is -2.53. The molecule has 0 radical (unpaired) electrons.